The molecule has 1 aliphatic carbocycles. The quantitative estimate of drug-likeness (QED) is 0.0357. The zero-order valence-corrected chi connectivity index (χ0v) is 81.8. The molecule has 0 amide bonds. The Hall–Kier alpha value is -14.2. The smallest absolute Gasteiger partial charge is 0.149 e. The number of hydrogen-bond acceptors (Lipinski definition) is 26. The summed E-state index contributed by atoms with van der Waals surface area (Å²) >= 11 is 0. The second-order valence-corrected chi connectivity index (χ2v) is 37.7. The van der Waals surface area contributed by atoms with E-state index in [0.29, 0.717) is 48.8 Å². The zero-order valence-electron chi connectivity index (χ0n) is 81.0. The van der Waals surface area contributed by atoms with Crippen LogP contribution in [0.5, 0.6) is 34.5 Å². The molecule has 3 aliphatic rings. The lowest BCUT2D eigenvalue weighted by Crippen LogP contribution is -2.46. The first kappa shape index (κ1) is 96.9. The Morgan fingerprint density at radius 3 is 1.13 bits per heavy atom. The van der Waals surface area contributed by atoms with Gasteiger partial charge < -0.3 is 52.9 Å². The molecule has 32 heteroatoms. The van der Waals surface area contributed by atoms with Gasteiger partial charge in [-0.15, -0.1) is 0 Å². The van der Waals surface area contributed by atoms with E-state index in [4.69, 9.17) is 48.4 Å². The molecule has 19 rings (SSSR count). The number of nitrogens with zero attached hydrogens (tertiary/aromatic N) is 22. The zero-order chi connectivity index (χ0) is 96.4. The highest BCUT2D eigenvalue weighted by Crippen LogP contribution is 2.42. The van der Waals surface area contributed by atoms with Crippen LogP contribution in [-0.4, -0.2) is 222 Å². The summed E-state index contributed by atoms with van der Waals surface area (Å²) in [6, 6.07) is 54.3. The topological polar surface area (TPSA) is 283 Å². The van der Waals surface area contributed by atoms with E-state index in [1.807, 2.05) is 135 Å². The molecule has 10 heterocycles. The van der Waals surface area contributed by atoms with E-state index in [2.05, 4.69) is 182 Å². The number of fused-ring (bicyclic) bond motifs is 4. The van der Waals surface area contributed by atoms with E-state index in [1.54, 1.807) is 87.7 Å². The Labute approximate surface area is 806 Å². The number of sulfone groups is 1. The fraction of sp³-hybridized carbons (Fsp3) is 0.358. The van der Waals surface area contributed by atoms with Crippen molar-refractivity contribution in [2.75, 3.05) is 127 Å². The van der Waals surface area contributed by atoms with Crippen molar-refractivity contribution in [3.8, 4) is 79.5 Å². The van der Waals surface area contributed by atoms with Crippen molar-refractivity contribution in [2.45, 2.75) is 123 Å². The average molecular weight is 1880 g/mol. The number of halogens is 1. The number of para-hydroxylation sites is 1. The van der Waals surface area contributed by atoms with Crippen molar-refractivity contribution in [1.82, 2.24) is 88.8 Å². The average Bonchev–Trinajstić information content (AvgIpc) is 0.892. The minimum atomic E-state index is -3.07. The minimum Gasteiger partial charge on any atom is -0.497 e. The van der Waals surface area contributed by atoms with Crippen molar-refractivity contribution in [2.24, 2.45) is 20.0 Å². The number of piperidine rings is 1. The lowest BCUT2D eigenvalue weighted by atomic mass is 9.97. The maximum Gasteiger partial charge on any atom is 0.149 e. The summed E-state index contributed by atoms with van der Waals surface area (Å²) in [6.45, 7) is 16.8. The normalized spacial score (nSPS) is 14.9. The number of anilines is 8. The highest BCUT2D eigenvalue weighted by Gasteiger charge is 2.29. The van der Waals surface area contributed by atoms with Crippen LogP contribution in [0.3, 0.4) is 0 Å². The third-order valence-corrected chi connectivity index (χ3v) is 26.2. The summed E-state index contributed by atoms with van der Waals surface area (Å²) in [5, 5.41) is 17.2. The van der Waals surface area contributed by atoms with Gasteiger partial charge in [-0.1, -0.05) is 44.9 Å². The summed E-state index contributed by atoms with van der Waals surface area (Å²) in [5.74, 6) is 5.22. The van der Waals surface area contributed by atoms with Crippen molar-refractivity contribution in [1.29, 1.82) is 0 Å². The molecule has 0 spiro atoms. The third kappa shape index (κ3) is 24.8. The Balaban J connectivity index is 0.000000133. The summed E-state index contributed by atoms with van der Waals surface area (Å²) in [7, 11) is 10.7. The highest BCUT2D eigenvalue weighted by molar-refractivity contribution is 7.90. The lowest BCUT2D eigenvalue weighted by molar-refractivity contribution is 0.107. The number of rotatable bonds is 35. The molecule has 3 fully saturated rings. The predicted molar refractivity (Wildman–Crippen MR) is 546 cm³/mol. The molecular formula is C106H123FN22O8S. The molecule has 2 aliphatic heterocycles. The van der Waals surface area contributed by atoms with Crippen LogP contribution in [-0.2, 0) is 37.0 Å². The number of methoxy groups -OCH3 is 6. The first-order valence-corrected chi connectivity index (χ1v) is 49.4. The monoisotopic (exact) mass is 1880 g/mol. The number of aromatic nitrogens is 16. The minimum absolute atomic E-state index is 0.0313. The number of hydrogen-bond donors (Lipinski definition) is 0. The third-order valence-electron chi connectivity index (χ3n) is 25.3. The van der Waals surface area contributed by atoms with E-state index in [-0.39, 0.29) is 5.75 Å². The number of unbranched alkanes of at least 4 members (excludes halogenated alkanes) is 1. The number of benzene rings is 8. The number of aryl methyl sites for hydroxylation is 4. The van der Waals surface area contributed by atoms with Crippen LogP contribution in [0.2, 0.25) is 0 Å². The van der Waals surface area contributed by atoms with Crippen molar-refractivity contribution < 1.29 is 41.2 Å². The summed E-state index contributed by atoms with van der Waals surface area (Å²) in [4.78, 5) is 52.1. The molecule has 30 nitrogen and oxygen atoms in total. The standard InChI is InChI=1S/C29H36N6O2.C27H31FN6O2.C26H31N5O4S.C24H25N5/c1-20-7-6-8-21(2)34(20)11-12-35(24-13-25(36-4)16-26(14-24)37-5)23-9-10-27-28(15-23)32-29(18-30-27)22-17-31-33(3)19-22;1-32-17-19(15-30-32)27-16-29-25-6-5-21(13-26(25)31-27)34(9-4-8-33-10-7-20(28)18-33)22-11-23(35-2)14-24(12-22)36-3;1-5-6-9-31(21-12-22(34-2)15-23(13-21)35-3)20-7-8-24-25(14-20)29-26(17-27-24)19-16-28-30(18-19)10-11-36(4,32)33;1-2-12-28-17-19(14-26-28)24-15-25-22-11-10-21(13-23(22)27-24)29(16-18-8-9-18)20-6-4-3-5-7-20/h9-10,13-21H,6-8,11-12H2,1-5H3;5-6,11-17,20H,4,7-10,18H2,1-3H3;7-8,12-18H,5-6,9-11H2,1-4H3;3-7,10-11,13-15,17-18H,2,8-9,12,16H2,1H3. The van der Waals surface area contributed by atoms with E-state index in [9.17, 15) is 12.8 Å². The fourth-order valence-corrected chi connectivity index (χ4v) is 18.1. The molecule has 16 aromatic rings. The molecule has 8 aromatic heterocycles. The van der Waals surface area contributed by atoms with Gasteiger partial charge in [0.25, 0.3) is 0 Å². The molecule has 8 aromatic carbocycles. The van der Waals surface area contributed by atoms with Crippen molar-refractivity contribution in [3.63, 3.8) is 0 Å². The number of likely N-dealkylation sites (tertiary alicyclic amines) is 2. The van der Waals surface area contributed by atoms with Gasteiger partial charge >= 0.3 is 0 Å². The van der Waals surface area contributed by atoms with Gasteiger partial charge in [-0.05, 0) is 163 Å². The molecule has 138 heavy (non-hydrogen) atoms. The van der Waals surface area contributed by atoms with Gasteiger partial charge in [-0.3, -0.25) is 43.6 Å². The van der Waals surface area contributed by atoms with Crippen molar-refractivity contribution >= 4 is 99.5 Å². The molecule has 3 unspecified atom stereocenters. The Morgan fingerprint density at radius 1 is 0.384 bits per heavy atom. The number of alkyl halides is 1. The van der Waals surface area contributed by atoms with Gasteiger partial charge in [0.1, 0.15) is 50.5 Å². The number of ether oxygens (including phenoxy) is 6. The Kier molecular flexibility index (Phi) is 31.7. The summed E-state index contributed by atoms with van der Waals surface area (Å²) in [5.41, 5.74) is 21.8. The lowest BCUT2D eigenvalue weighted by Gasteiger charge is -2.40. The largest absolute Gasteiger partial charge is 0.497 e. The van der Waals surface area contributed by atoms with Crippen LogP contribution >= 0.6 is 0 Å². The Morgan fingerprint density at radius 2 is 0.768 bits per heavy atom. The second-order valence-electron chi connectivity index (χ2n) is 35.4. The Bertz CT molecular complexity index is 6840. The molecule has 0 radical (unpaired) electrons. The summed E-state index contributed by atoms with van der Waals surface area (Å²) in [6.07, 6.45) is 33.6. The van der Waals surface area contributed by atoms with Gasteiger partial charge in [-0.2, -0.15) is 20.4 Å². The van der Waals surface area contributed by atoms with Gasteiger partial charge in [0.15, 0.2) is 0 Å². The highest BCUT2D eigenvalue weighted by atomic mass is 32.2. The first-order valence-electron chi connectivity index (χ1n) is 47.3. The van der Waals surface area contributed by atoms with Crippen LogP contribution in [0.15, 0.2) is 232 Å². The van der Waals surface area contributed by atoms with E-state index in [0.717, 1.165) is 225 Å². The van der Waals surface area contributed by atoms with Crippen LogP contribution in [0.4, 0.5) is 49.9 Å². The second kappa shape index (κ2) is 45.2. The van der Waals surface area contributed by atoms with Gasteiger partial charge in [-0.25, -0.2) is 32.7 Å². The first-order chi connectivity index (χ1) is 67.0. The fourth-order valence-electron chi connectivity index (χ4n) is 17.5. The molecule has 2 saturated heterocycles. The SMILES string of the molecule is CCCCN(c1cc(OC)cc(OC)c1)c1ccc2ncc(-c3cnn(CCS(C)(=O)=O)c3)nc2c1.CCCn1cc(-c2cnc3ccc(N(CC4CC4)c4ccccc4)cc3n2)cn1.COc1cc(OC)cc(N(CCCN2CCC(F)C2)c2ccc3ncc(-c4cnn(C)c4)nc3c2)c1.COc1cc(OC)cc(N(CCN2C(C)CCCC2C)c2ccc3ncc(-c4cnn(C)c4)nc3c2)c1. The van der Waals surface area contributed by atoms with Crippen molar-refractivity contribution in [3.05, 3.63) is 232 Å². The molecular weight excluding hydrogens is 1760 g/mol. The molecule has 3 atom stereocenters. The van der Waals surface area contributed by atoms with Gasteiger partial charge in [0, 0.05) is 232 Å². The summed E-state index contributed by atoms with van der Waals surface area (Å²) < 4.78 is 77.0. The van der Waals surface area contributed by atoms with Gasteiger partial charge in [0.05, 0.1) is 171 Å². The maximum atomic E-state index is 13.7. The van der Waals surface area contributed by atoms with Crippen LogP contribution in [0.25, 0.3) is 89.2 Å². The van der Waals surface area contributed by atoms with Crippen LogP contribution in [0.1, 0.15) is 91.9 Å². The van der Waals surface area contributed by atoms with Crippen LogP contribution in [0, 0.1) is 5.92 Å². The maximum absolute atomic E-state index is 13.7. The van der Waals surface area contributed by atoms with E-state index < -0.39 is 16.0 Å². The molecule has 0 bridgehead atoms. The van der Waals surface area contributed by atoms with E-state index >= 15 is 0 Å². The van der Waals surface area contributed by atoms with Crippen LogP contribution < -0.4 is 48.0 Å². The molecule has 718 valence electrons. The molecule has 0 N–H and O–H groups in total. The predicted octanol–water partition coefficient (Wildman–Crippen LogP) is 20.0. The molecule has 1 saturated carbocycles. The van der Waals surface area contributed by atoms with E-state index in [1.165, 1.54) is 49.7 Å². The van der Waals surface area contributed by atoms with Gasteiger partial charge in [0.2, 0.25) is 0 Å².